The van der Waals surface area contributed by atoms with E-state index in [0.717, 1.165) is 59.5 Å². The van der Waals surface area contributed by atoms with Gasteiger partial charge in [-0.15, -0.1) is 0 Å². The van der Waals surface area contributed by atoms with E-state index in [9.17, 15) is 0 Å². The number of aromatic nitrogens is 4. The largest absolute Gasteiger partial charge is 0.307 e. The summed E-state index contributed by atoms with van der Waals surface area (Å²) in [5.74, 6) is 0.763. The van der Waals surface area contributed by atoms with E-state index in [4.69, 9.17) is 21.6 Å². The van der Waals surface area contributed by atoms with Gasteiger partial charge in [0.25, 0.3) is 0 Å². The first-order valence-corrected chi connectivity index (χ1v) is 9.38. The average molecular weight is 376 g/mol. The number of fused-ring (bicyclic) bond motifs is 2. The molecular weight excluding hydrogens is 358 g/mol. The zero-order chi connectivity index (χ0) is 18.2. The second-order valence-corrected chi connectivity index (χ2v) is 7.27. The van der Waals surface area contributed by atoms with E-state index in [1.165, 1.54) is 5.56 Å². The normalized spacial score (nSPS) is 14.4. The second-order valence-electron chi connectivity index (χ2n) is 6.83. The van der Waals surface area contributed by atoms with Crippen molar-refractivity contribution in [1.82, 2.24) is 24.3 Å². The quantitative estimate of drug-likeness (QED) is 0.543. The summed E-state index contributed by atoms with van der Waals surface area (Å²) < 4.78 is 2.06. The lowest BCUT2D eigenvalue weighted by molar-refractivity contribution is 0.240. The van der Waals surface area contributed by atoms with Crippen LogP contribution >= 0.6 is 11.6 Å². The number of rotatable bonds is 3. The number of pyridine rings is 1. The minimum absolute atomic E-state index is 0.722. The first-order chi connectivity index (χ1) is 13.2. The fourth-order valence-electron chi connectivity index (χ4n) is 3.54. The minimum atomic E-state index is 0.722. The second kappa shape index (κ2) is 6.76. The molecule has 134 valence electrons. The lowest BCUT2D eigenvalue weighted by Gasteiger charge is -2.27. The van der Waals surface area contributed by atoms with Crippen molar-refractivity contribution in [1.29, 1.82) is 0 Å². The Balaban J connectivity index is 1.34. The van der Waals surface area contributed by atoms with Gasteiger partial charge in [0.1, 0.15) is 5.65 Å². The molecule has 1 aromatic carbocycles. The van der Waals surface area contributed by atoms with Crippen LogP contribution in [0.1, 0.15) is 17.0 Å². The van der Waals surface area contributed by atoms with Crippen LogP contribution in [0, 0.1) is 0 Å². The zero-order valence-electron chi connectivity index (χ0n) is 14.7. The molecule has 0 spiro atoms. The summed E-state index contributed by atoms with van der Waals surface area (Å²) in [5, 5.41) is 0.722. The molecule has 0 aliphatic carbocycles. The Hall–Kier alpha value is -2.76. The molecule has 0 amide bonds. The third kappa shape index (κ3) is 3.31. The van der Waals surface area contributed by atoms with E-state index < -0.39 is 0 Å². The molecule has 27 heavy (non-hydrogen) atoms. The number of imidazole rings is 1. The molecular formula is C21H18ClN5. The van der Waals surface area contributed by atoms with Crippen molar-refractivity contribution in [3.05, 3.63) is 83.0 Å². The van der Waals surface area contributed by atoms with Crippen molar-refractivity contribution < 1.29 is 0 Å². The van der Waals surface area contributed by atoms with Crippen molar-refractivity contribution in [2.75, 3.05) is 6.54 Å². The van der Waals surface area contributed by atoms with Gasteiger partial charge in [-0.3, -0.25) is 4.90 Å². The maximum absolute atomic E-state index is 5.97. The summed E-state index contributed by atoms with van der Waals surface area (Å²) in [5.41, 5.74) is 5.41. The molecule has 6 heteroatoms. The standard InChI is InChI=1S/C21H18ClN5/c22-17-6-4-15(5-7-17)21-23-11-16-12-26(10-8-19(16)25-21)13-18-14-27-9-2-1-3-20(27)24-18/h1-7,9,11,14H,8,10,12-13H2. The molecule has 0 N–H and O–H groups in total. The molecule has 1 aliphatic heterocycles. The summed E-state index contributed by atoms with van der Waals surface area (Å²) >= 11 is 5.97. The van der Waals surface area contributed by atoms with Crippen LogP contribution in [0.5, 0.6) is 0 Å². The molecule has 4 aromatic rings. The number of hydrogen-bond acceptors (Lipinski definition) is 4. The molecule has 4 heterocycles. The fourth-order valence-corrected chi connectivity index (χ4v) is 3.67. The van der Waals surface area contributed by atoms with Gasteiger partial charge in [0.15, 0.2) is 5.82 Å². The molecule has 0 saturated heterocycles. The third-order valence-corrected chi connectivity index (χ3v) is 5.17. The Bertz CT molecular complexity index is 1070. The summed E-state index contributed by atoms with van der Waals surface area (Å²) in [7, 11) is 0. The number of hydrogen-bond donors (Lipinski definition) is 0. The predicted molar refractivity (Wildman–Crippen MR) is 105 cm³/mol. The summed E-state index contributed by atoms with van der Waals surface area (Å²) in [6.07, 6.45) is 7.02. The Morgan fingerprint density at radius 2 is 1.93 bits per heavy atom. The molecule has 3 aromatic heterocycles. The smallest absolute Gasteiger partial charge is 0.159 e. The van der Waals surface area contributed by atoms with Crippen molar-refractivity contribution in [2.45, 2.75) is 19.5 Å². The zero-order valence-corrected chi connectivity index (χ0v) is 15.5. The van der Waals surface area contributed by atoms with E-state index in [-0.39, 0.29) is 0 Å². The monoisotopic (exact) mass is 375 g/mol. The van der Waals surface area contributed by atoms with Crippen molar-refractivity contribution >= 4 is 17.2 Å². The highest BCUT2D eigenvalue weighted by Gasteiger charge is 2.19. The van der Waals surface area contributed by atoms with Crippen LogP contribution in [-0.2, 0) is 19.5 Å². The Kier molecular flexibility index (Phi) is 4.11. The van der Waals surface area contributed by atoms with Crippen molar-refractivity contribution in [3.8, 4) is 11.4 Å². The Morgan fingerprint density at radius 3 is 2.78 bits per heavy atom. The van der Waals surface area contributed by atoms with Gasteiger partial charge in [-0.1, -0.05) is 17.7 Å². The number of halogens is 1. The summed E-state index contributed by atoms with van der Waals surface area (Å²) in [6, 6.07) is 13.7. The van der Waals surface area contributed by atoms with Crippen LogP contribution in [0.25, 0.3) is 17.0 Å². The molecule has 0 bridgehead atoms. The van der Waals surface area contributed by atoms with Crippen LogP contribution in [0.15, 0.2) is 61.1 Å². The molecule has 0 fully saturated rings. The van der Waals surface area contributed by atoms with Gasteiger partial charge >= 0.3 is 0 Å². The molecule has 1 aliphatic rings. The van der Waals surface area contributed by atoms with Gasteiger partial charge in [0.2, 0.25) is 0 Å². The van der Waals surface area contributed by atoms with Crippen LogP contribution in [0.3, 0.4) is 0 Å². The van der Waals surface area contributed by atoms with Crippen LogP contribution in [0.2, 0.25) is 5.02 Å². The molecule has 0 atom stereocenters. The number of benzene rings is 1. The maximum atomic E-state index is 5.97. The highest BCUT2D eigenvalue weighted by atomic mass is 35.5. The Morgan fingerprint density at radius 1 is 1.04 bits per heavy atom. The van der Waals surface area contributed by atoms with Gasteiger partial charge in [-0.05, 0) is 36.4 Å². The number of nitrogens with zero attached hydrogens (tertiary/aromatic N) is 5. The summed E-state index contributed by atoms with van der Waals surface area (Å²) in [4.78, 5) is 16.5. The van der Waals surface area contributed by atoms with E-state index in [1.807, 2.05) is 54.9 Å². The fraction of sp³-hybridized carbons (Fsp3) is 0.190. The van der Waals surface area contributed by atoms with E-state index >= 15 is 0 Å². The molecule has 0 saturated carbocycles. The first-order valence-electron chi connectivity index (χ1n) is 9.00. The minimum Gasteiger partial charge on any atom is -0.307 e. The molecule has 5 nitrogen and oxygen atoms in total. The highest BCUT2D eigenvalue weighted by molar-refractivity contribution is 6.30. The van der Waals surface area contributed by atoms with E-state index in [1.54, 1.807) is 0 Å². The van der Waals surface area contributed by atoms with Gasteiger partial charge in [-0.25, -0.2) is 15.0 Å². The lowest BCUT2D eigenvalue weighted by Crippen LogP contribution is -2.31. The third-order valence-electron chi connectivity index (χ3n) is 4.91. The average Bonchev–Trinajstić information content (AvgIpc) is 3.10. The van der Waals surface area contributed by atoms with Crippen molar-refractivity contribution in [2.24, 2.45) is 0 Å². The SMILES string of the molecule is Clc1ccc(-c2ncc3c(n2)CCN(Cc2cn4ccccc4n2)C3)cc1. The first kappa shape index (κ1) is 16.4. The highest BCUT2D eigenvalue weighted by Crippen LogP contribution is 2.23. The molecule has 0 unspecified atom stereocenters. The van der Waals surface area contributed by atoms with Crippen molar-refractivity contribution in [3.63, 3.8) is 0 Å². The van der Waals surface area contributed by atoms with Crippen LogP contribution < -0.4 is 0 Å². The van der Waals surface area contributed by atoms with Crippen LogP contribution in [-0.4, -0.2) is 30.8 Å². The molecule has 5 rings (SSSR count). The Labute approximate surface area is 162 Å². The van der Waals surface area contributed by atoms with E-state index in [2.05, 4.69) is 20.5 Å². The maximum Gasteiger partial charge on any atom is 0.159 e. The van der Waals surface area contributed by atoms with Gasteiger partial charge in [0, 0.05) is 60.8 Å². The molecule has 0 radical (unpaired) electrons. The van der Waals surface area contributed by atoms with Gasteiger partial charge in [-0.2, -0.15) is 0 Å². The topological polar surface area (TPSA) is 46.3 Å². The summed E-state index contributed by atoms with van der Waals surface area (Å²) in [6.45, 7) is 2.65. The predicted octanol–water partition coefficient (Wildman–Crippen LogP) is 4.00. The van der Waals surface area contributed by atoms with Crippen LogP contribution in [0.4, 0.5) is 0 Å². The van der Waals surface area contributed by atoms with E-state index in [0.29, 0.717) is 0 Å². The van der Waals surface area contributed by atoms with Gasteiger partial charge < -0.3 is 4.40 Å². The lowest BCUT2D eigenvalue weighted by atomic mass is 10.1. The van der Waals surface area contributed by atoms with Gasteiger partial charge in [0.05, 0.1) is 11.4 Å².